The van der Waals surface area contributed by atoms with Crippen LogP contribution in [0.15, 0.2) is 48.0 Å². The first-order valence-electron chi connectivity index (χ1n) is 7.48. The molecule has 0 aliphatic carbocycles. The van der Waals surface area contributed by atoms with Crippen LogP contribution in [0.5, 0.6) is 5.75 Å². The van der Waals surface area contributed by atoms with Gasteiger partial charge in [-0.3, -0.25) is 20.2 Å². The number of halogens is 2. The molecule has 1 heterocycles. The molecule has 0 saturated carbocycles. The number of benzene rings is 2. The SMILES string of the molecule is O=C1NC(=O)C(=Cc2cc(I)cc(I)c2OCc2ccccc2)C(=O)N1. The third-order valence-corrected chi connectivity index (χ3v) is 4.93. The van der Waals surface area contributed by atoms with Crippen molar-refractivity contribution in [2.24, 2.45) is 0 Å². The van der Waals surface area contributed by atoms with E-state index in [0.29, 0.717) is 17.9 Å². The second kappa shape index (κ2) is 8.16. The van der Waals surface area contributed by atoms with Gasteiger partial charge >= 0.3 is 6.03 Å². The number of ether oxygens (including phenoxy) is 1. The minimum atomic E-state index is -0.824. The Balaban J connectivity index is 1.96. The summed E-state index contributed by atoms with van der Waals surface area (Å²) in [6.07, 6.45) is 1.43. The van der Waals surface area contributed by atoms with Crippen LogP contribution in [-0.2, 0) is 16.2 Å². The highest BCUT2D eigenvalue weighted by atomic mass is 127. The van der Waals surface area contributed by atoms with E-state index in [2.05, 4.69) is 55.8 Å². The van der Waals surface area contributed by atoms with Gasteiger partial charge in [-0.15, -0.1) is 0 Å². The highest BCUT2D eigenvalue weighted by Crippen LogP contribution is 2.31. The number of imide groups is 2. The average Bonchev–Trinajstić information content (AvgIpc) is 2.58. The quantitative estimate of drug-likeness (QED) is 0.334. The van der Waals surface area contributed by atoms with Crippen molar-refractivity contribution >= 4 is 69.1 Å². The first kappa shape index (κ1) is 18.8. The van der Waals surface area contributed by atoms with Gasteiger partial charge in [0, 0.05) is 9.13 Å². The molecule has 0 radical (unpaired) electrons. The Kier molecular flexibility index (Phi) is 5.91. The minimum Gasteiger partial charge on any atom is -0.487 e. The van der Waals surface area contributed by atoms with E-state index in [-0.39, 0.29) is 5.57 Å². The molecule has 8 heteroatoms. The van der Waals surface area contributed by atoms with E-state index in [9.17, 15) is 14.4 Å². The third kappa shape index (κ3) is 4.41. The van der Waals surface area contributed by atoms with E-state index in [1.54, 1.807) is 0 Å². The number of nitrogens with one attached hydrogen (secondary N) is 2. The summed E-state index contributed by atoms with van der Waals surface area (Å²) in [4.78, 5) is 35.1. The maximum atomic E-state index is 12.0. The van der Waals surface area contributed by atoms with Gasteiger partial charge in [0.25, 0.3) is 11.8 Å². The summed E-state index contributed by atoms with van der Waals surface area (Å²) in [5.74, 6) is -0.900. The lowest BCUT2D eigenvalue weighted by atomic mass is 10.1. The fourth-order valence-corrected chi connectivity index (χ4v) is 4.38. The fourth-order valence-electron chi connectivity index (χ4n) is 2.33. The topological polar surface area (TPSA) is 84.5 Å². The molecule has 2 aromatic rings. The first-order valence-corrected chi connectivity index (χ1v) is 9.64. The van der Waals surface area contributed by atoms with Crippen LogP contribution in [0.3, 0.4) is 0 Å². The molecule has 4 amide bonds. The maximum absolute atomic E-state index is 12.0. The zero-order valence-corrected chi connectivity index (χ0v) is 17.5. The average molecular weight is 574 g/mol. The number of amides is 4. The number of rotatable bonds is 4. The standard InChI is InChI=1S/C18H12I2N2O4/c19-12-6-11(7-13-16(23)21-18(25)22-17(13)24)15(14(20)8-12)26-9-10-4-2-1-3-5-10/h1-8H,9H2,(H2,21,22,23,24,25). The smallest absolute Gasteiger partial charge is 0.328 e. The van der Waals surface area contributed by atoms with Crippen LogP contribution >= 0.6 is 45.2 Å². The van der Waals surface area contributed by atoms with E-state index in [0.717, 1.165) is 12.7 Å². The molecule has 1 saturated heterocycles. The van der Waals surface area contributed by atoms with Crippen molar-refractivity contribution in [2.45, 2.75) is 6.61 Å². The van der Waals surface area contributed by atoms with Gasteiger partial charge in [0.05, 0.1) is 3.57 Å². The van der Waals surface area contributed by atoms with E-state index in [4.69, 9.17) is 4.74 Å². The molecule has 132 valence electrons. The Morgan fingerprint density at radius 3 is 2.27 bits per heavy atom. The van der Waals surface area contributed by atoms with Gasteiger partial charge in [0.1, 0.15) is 17.9 Å². The van der Waals surface area contributed by atoms with Crippen LogP contribution in [0.2, 0.25) is 0 Å². The monoisotopic (exact) mass is 574 g/mol. The lowest BCUT2D eigenvalue weighted by Gasteiger charge is -2.16. The summed E-state index contributed by atoms with van der Waals surface area (Å²) in [5, 5.41) is 4.13. The Labute approximate surface area is 176 Å². The molecule has 1 aliphatic rings. The fraction of sp³-hybridized carbons (Fsp3) is 0.0556. The van der Waals surface area contributed by atoms with Crippen LogP contribution in [0.25, 0.3) is 6.08 Å². The Bertz CT molecular complexity index is 904. The molecule has 0 atom stereocenters. The predicted octanol–water partition coefficient (Wildman–Crippen LogP) is 3.22. The number of urea groups is 1. The molecule has 1 aliphatic heterocycles. The Morgan fingerprint density at radius 1 is 0.962 bits per heavy atom. The van der Waals surface area contributed by atoms with Crippen molar-refractivity contribution < 1.29 is 19.1 Å². The van der Waals surface area contributed by atoms with Gasteiger partial charge in [0.2, 0.25) is 0 Å². The van der Waals surface area contributed by atoms with E-state index >= 15 is 0 Å². The number of carbonyl (C=O) groups is 3. The Hall–Kier alpha value is -1.95. The van der Waals surface area contributed by atoms with Crippen molar-refractivity contribution in [3.63, 3.8) is 0 Å². The van der Waals surface area contributed by atoms with Gasteiger partial charge in [-0.2, -0.15) is 0 Å². The molecular weight excluding hydrogens is 562 g/mol. The van der Waals surface area contributed by atoms with Crippen molar-refractivity contribution in [1.29, 1.82) is 0 Å². The van der Waals surface area contributed by atoms with Crippen LogP contribution in [-0.4, -0.2) is 17.8 Å². The molecule has 26 heavy (non-hydrogen) atoms. The van der Waals surface area contributed by atoms with Gasteiger partial charge in [-0.25, -0.2) is 4.79 Å². The summed E-state index contributed by atoms with van der Waals surface area (Å²) in [6.45, 7) is 0.352. The lowest BCUT2D eigenvalue weighted by molar-refractivity contribution is -0.123. The highest BCUT2D eigenvalue weighted by Gasteiger charge is 2.28. The van der Waals surface area contributed by atoms with Gasteiger partial charge in [-0.05, 0) is 69.0 Å². The minimum absolute atomic E-state index is 0.146. The number of barbiturate groups is 1. The van der Waals surface area contributed by atoms with Crippen LogP contribution in [0, 0.1) is 7.14 Å². The van der Waals surface area contributed by atoms with Crippen molar-refractivity contribution in [2.75, 3.05) is 0 Å². The molecule has 0 bridgehead atoms. The maximum Gasteiger partial charge on any atom is 0.328 e. The van der Waals surface area contributed by atoms with Crippen molar-refractivity contribution in [3.05, 3.63) is 66.3 Å². The van der Waals surface area contributed by atoms with Gasteiger partial charge in [0.15, 0.2) is 0 Å². The van der Waals surface area contributed by atoms with E-state index < -0.39 is 17.8 Å². The number of hydrogen-bond donors (Lipinski definition) is 2. The highest BCUT2D eigenvalue weighted by molar-refractivity contribution is 14.1. The molecule has 2 aromatic carbocycles. The zero-order valence-electron chi connectivity index (χ0n) is 13.2. The van der Waals surface area contributed by atoms with E-state index in [1.807, 2.05) is 42.5 Å². The number of hydrogen-bond acceptors (Lipinski definition) is 4. The lowest BCUT2D eigenvalue weighted by Crippen LogP contribution is -2.51. The van der Waals surface area contributed by atoms with Gasteiger partial charge in [-0.1, -0.05) is 30.3 Å². The molecule has 6 nitrogen and oxygen atoms in total. The summed E-state index contributed by atoms with van der Waals surface area (Å²) in [5.41, 5.74) is 1.44. The van der Waals surface area contributed by atoms with Crippen LogP contribution in [0.1, 0.15) is 11.1 Å². The van der Waals surface area contributed by atoms with Crippen molar-refractivity contribution in [1.82, 2.24) is 10.6 Å². The summed E-state index contributed by atoms with van der Waals surface area (Å²) in [6, 6.07) is 12.6. The predicted molar refractivity (Wildman–Crippen MR) is 112 cm³/mol. The summed E-state index contributed by atoms with van der Waals surface area (Å²) < 4.78 is 7.74. The zero-order chi connectivity index (χ0) is 18.7. The molecule has 0 spiro atoms. The van der Waals surface area contributed by atoms with Crippen molar-refractivity contribution in [3.8, 4) is 5.75 Å². The molecule has 3 rings (SSSR count). The largest absolute Gasteiger partial charge is 0.487 e. The van der Waals surface area contributed by atoms with E-state index in [1.165, 1.54) is 6.08 Å². The van der Waals surface area contributed by atoms with Crippen LogP contribution < -0.4 is 15.4 Å². The molecule has 2 N–H and O–H groups in total. The normalized spacial score (nSPS) is 13.9. The molecule has 0 aromatic heterocycles. The van der Waals surface area contributed by atoms with Gasteiger partial charge < -0.3 is 4.74 Å². The summed E-state index contributed by atoms with van der Waals surface area (Å²) >= 11 is 4.30. The molecular formula is C18H12I2N2O4. The first-order chi connectivity index (χ1) is 12.4. The third-order valence-electron chi connectivity index (χ3n) is 3.51. The number of carbonyl (C=O) groups excluding carboxylic acids is 3. The molecule has 1 fully saturated rings. The molecule has 0 unspecified atom stereocenters. The second-order valence-corrected chi connectivity index (χ2v) is 7.78. The van der Waals surface area contributed by atoms with Crippen LogP contribution in [0.4, 0.5) is 4.79 Å². The second-order valence-electron chi connectivity index (χ2n) is 5.38. The Morgan fingerprint density at radius 2 is 1.62 bits per heavy atom. The summed E-state index contributed by atoms with van der Waals surface area (Å²) in [7, 11) is 0.